The van der Waals surface area contributed by atoms with E-state index in [9.17, 15) is 18.8 Å². The molecule has 0 unspecified atom stereocenters. The molecule has 2 fully saturated rings. The largest absolute Gasteiger partial charge is 0.348 e. The van der Waals surface area contributed by atoms with Crippen LogP contribution in [0.15, 0.2) is 48.5 Å². The molecule has 2 N–H and O–H groups in total. The first-order valence-corrected chi connectivity index (χ1v) is 10.7. The number of halogens is 1. The van der Waals surface area contributed by atoms with Gasteiger partial charge in [-0.1, -0.05) is 30.3 Å². The van der Waals surface area contributed by atoms with Crippen LogP contribution in [0.2, 0.25) is 0 Å². The molecule has 7 heteroatoms. The number of nitrogens with zero attached hydrogens (tertiary/aromatic N) is 1. The number of hydrogen-bond donors (Lipinski definition) is 2. The molecule has 0 bridgehead atoms. The van der Waals surface area contributed by atoms with E-state index in [4.69, 9.17) is 0 Å². The summed E-state index contributed by atoms with van der Waals surface area (Å²) in [6, 6.07) is 13.1. The van der Waals surface area contributed by atoms with Gasteiger partial charge in [-0.3, -0.25) is 14.4 Å². The van der Waals surface area contributed by atoms with E-state index in [1.807, 2.05) is 23.1 Å². The molecule has 1 spiro atoms. The van der Waals surface area contributed by atoms with Gasteiger partial charge in [0.1, 0.15) is 5.82 Å². The number of carbonyl (C=O) groups excluding carboxylic acids is 3. The Hall–Kier alpha value is -3.22. The molecule has 31 heavy (non-hydrogen) atoms. The quantitative estimate of drug-likeness (QED) is 0.781. The van der Waals surface area contributed by atoms with E-state index in [1.165, 1.54) is 12.1 Å². The fourth-order valence-electron chi connectivity index (χ4n) is 5.47. The maximum absolute atomic E-state index is 13.9. The summed E-state index contributed by atoms with van der Waals surface area (Å²) in [5.74, 6) is -1.27. The lowest BCUT2D eigenvalue weighted by molar-refractivity contribution is -0.141. The van der Waals surface area contributed by atoms with Crippen LogP contribution in [0.5, 0.6) is 0 Å². The predicted molar refractivity (Wildman–Crippen MR) is 113 cm³/mol. The van der Waals surface area contributed by atoms with Crippen molar-refractivity contribution in [3.05, 3.63) is 65.5 Å². The van der Waals surface area contributed by atoms with Gasteiger partial charge in [0.25, 0.3) is 0 Å². The third kappa shape index (κ3) is 3.38. The third-order valence-corrected chi connectivity index (χ3v) is 6.81. The smallest absolute Gasteiger partial charge is 0.231 e. The van der Waals surface area contributed by atoms with Gasteiger partial charge in [-0.15, -0.1) is 0 Å². The fraction of sp³-hybridized carbons (Fsp3) is 0.375. The molecule has 3 aliphatic rings. The number of rotatable bonds is 2. The van der Waals surface area contributed by atoms with Gasteiger partial charge in [-0.25, -0.2) is 4.39 Å². The van der Waals surface area contributed by atoms with E-state index in [-0.39, 0.29) is 30.0 Å². The molecule has 0 radical (unpaired) electrons. The number of anilines is 1. The maximum atomic E-state index is 13.9. The van der Waals surface area contributed by atoms with Crippen molar-refractivity contribution in [1.82, 2.24) is 10.2 Å². The minimum atomic E-state index is -0.583. The summed E-state index contributed by atoms with van der Waals surface area (Å²) in [7, 11) is 0. The normalized spacial score (nSPS) is 27.6. The molecule has 3 heterocycles. The zero-order valence-corrected chi connectivity index (χ0v) is 17.1. The van der Waals surface area contributed by atoms with Crippen molar-refractivity contribution in [3.63, 3.8) is 0 Å². The van der Waals surface area contributed by atoms with E-state index < -0.39 is 17.5 Å². The van der Waals surface area contributed by atoms with Crippen LogP contribution in [0.25, 0.3) is 0 Å². The third-order valence-electron chi connectivity index (χ3n) is 6.81. The highest BCUT2D eigenvalue weighted by atomic mass is 19.1. The van der Waals surface area contributed by atoms with Crippen molar-refractivity contribution in [2.24, 2.45) is 0 Å². The SMILES string of the molecule is O=C1C[C@@H](C(=O)N2CCC[C@]3(CCC(=O)N3)[C@H]2c2ccc(F)cc2)c2ccccc2N1. The molecule has 5 rings (SSSR count). The Morgan fingerprint density at radius 2 is 1.81 bits per heavy atom. The monoisotopic (exact) mass is 421 g/mol. The molecule has 0 aliphatic carbocycles. The van der Waals surface area contributed by atoms with Gasteiger partial charge in [-0.2, -0.15) is 0 Å². The average molecular weight is 421 g/mol. The number of piperidine rings is 1. The molecule has 3 amide bonds. The number of likely N-dealkylation sites (tertiary alicyclic amines) is 1. The minimum Gasteiger partial charge on any atom is -0.348 e. The molecule has 2 saturated heterocycles. The van der Waals surface area contributed by atoms with Crippen LogP contribution >= 0.6 is 0 Å². The van der Waals surface area contributed by atoms with Crippen molar-refractivity contribution in [2.75, 3.05) is 11.9 Å². The first-order valence-electron chi connectivity index (χ1n) is 10.7. The molecule has 160 valence electrons. The second kappa shape index (κ2) is 7.48. The van der Waals surface area contributed by atoms with Gasteiger partial charge in [-0.05, 0) is 48.6 Å². The highest BCUT2D eigenvalue weighted by molar-refractivity contribution is 6.01. The van der Waals surface area contributed by atoms with Gasteiger partial charge >= 0.3 is 0 Å². The zero-order chi connectivity index (χ0) is 21.6. The van der Waals surface area contributed by atoms with Crippen LogP contribution in [0, 0.1) is 5.82 Å². The number of benzene rings is 2. The van der Waals surface area contributed by atoms with E-state index in [1.54, 1.807) is 18.2 Å². The Morgan fingerprint density at radius 1 is 1.03 bits per heavy atom. The van der Waals surface area contributed by atoms with E-state index in [2.05, 4.69) is 10.6 Å². The second-order valence-corrected chi connectivity index (χ2v) is 8.69. The van der Waals surface area contributed by atoms with Crippen LogP contribution in [0.1, 0.15) is 55.2 Å². The van der Waals surface area contributed by atoms with Crippen molar-refractivity contribution in [1.29, 1.82) is 0 Å². The summed E-state index contributed by atoms with van der Waals surface area (Å²) in [5, 5.41) is 5.99. The molecule has 0 saturated carbocycles. The van der Waals surface area contributed by atoms with Crippen LogP contribution in [0.3, 0.4) is 0 Å². The molecule has 2 aromatic rings. The Morgan fingerprint density at radius 3 is 2.55 bits per heavy atom. The maximum Gasteiger partial charge on any atom is 0.231 e. The van der Waals surface area contributed by atoms with Gasteiger partial charge < -0.3 is 15.5 Å². The second-order valence-electron chi connectivity index (χ2n) is 8.69. The van der Waals surface area contributed by atoms with Gasteiger partial charge in [0.05, 0.1) is 17.5 Å². The van der Waals surface area contributed by atoms with Crippen molar-refractivity contribution in [3.8, 4) is 0 Å². The van der Waals surface area contributed by atoms with E-state index in [0.29, 0.717) is 25.1 Å². The molecule has 3 aliphatic heterocycles. The van der Waals surface area contributed by atoms with Crippen LogP contribution in [-0.2, 0) is 14.4 Å². The van der Waals surface area contributed by atoms with Crippen molar-refractivity contribution < 1.29 is 18.8 Å². The number of nitrogens with one attached hydrogen (secondary N) is 2. The Kier molecular flexibility index (Phi) is 4.76. The topological polar surface area (TPSA) is 78.5 Å². The van der Waals surface area contributed by atoms with Gasteiger partial charge in [0.2, 0.25) is 17.7 Å². The standard InChI is InChI=1S/C24H24FN3O3/c25-16-8-6-15(7-9-16)22-24(12-10-20(29)27-24)11-3-13-28(22)23(31)18-14-21(30)26-19-5-2-1-4-17(18)19/h1-2,4-9,18,22H,3,10-14H2,(H,26,30)(H,27,29)/t18-,22-,24+/m1/s1. The first kappa shape index (κ1) is 19.7. The molecular formula is C24H24FN3O3. The zero-order valence-electron chi connectivity index (χ0n) is 17.1. The van der Waals surface area contributed by atoms with E-state index >= 15 is 0 Å². The Balaban J connectivity index is 1.56. The highest BCUT2D eigenvalue weighted by Gasteiger charge is 2.51. The fourth-order valence-corrected chi connectivity index (χ4v) is 5.47. The summed E-state index contributed by atoms with van der Waals surface area (Å²) >= 11 is 0. The minimum absolute atomic E-state index is 0.0243. The first-order chi connectivity index (χ1) is 15.0. The summed E-state index contributed by atoms with van der Waals surface area (Å²) in [6.07, 6.45) is 2.63. The summed E-state index contributed by atoms with van der Waals surface area (Å²) in [5.41, 5.74) is 1.70. The lowest BCUT2D eigenvalue weighted by Crippen LogP contribution is -2.59. The van der Waals surface area contributed by atoms with Crippen LogP contribution in [-0.4, -0.2) is 34.7 Å². The highest BCUT2D eigenvalue weighted by Crippen LogP contribution is 2.46. The molecule has 2 aromatic carbocycles. The lowest BCUT2D eigenvalue weighted by atomic mass is 9.75. The molecule has 3 atom stereocenters. The summed E-state index contributed by atoms with van der Waals surface area (Å²) < 4.78 is 13.6. The lowest BCUT2D eigenvalue weighted by Gasteiger charge is -2.49. The van der Waals surface area contributed by atoms with Crippen LogP contribution in [0.4, 0.5) is 10.1 Å². The molecule has 0 aromatic heterocycles. The average Bonchev–Trinajstić information content (AvgIpc) is 3.13. The predicted octanol–water partition coefficient (Wildman–Crippen LogP) is 3.26. The number of fused-ring (bicyclic) bond motifs is 1. The number of amides is 3. The van der Waals surface area contributed by atoms with Crippen molar-refractivity contribution >= 4 is 23.4 Å². The summed E-state index contributed by atoms with van der Waals surface area (Å²) in [4.78, 5) is 40.2. The molecule has 6 nitrogen and oxygen atoms in total. The van der Waals surface area contributed by atoms with Crippen LogP contribution < -0.4 is 10.6 Å². The molecular weight excluding hydrogens is 397 g/mol. The Bertz CT molecular complexity index is 1050. The number of carbonyl (C=O) groups is 3. The van der Waals surface area contributed by atoms with Crippen molar-refractivity contribution in [2.45, 2.75) is 49.6 Å². The van der Waals surface area contributed by atoms with Gasteiger partial charge in [0, 0.05) is 25.1 Å². The van der Waals surface area contributed by atoms with Gasteiger partial charge in [0.15, 0.2) is 0 Å². The Labute approximate surface area is 179 Å². The van der Waals surface area contributed by atoms with E-state index in [0.717, 1.165) is 24.0 Å². The summed E-state index contributed by atoms with van der Waals surface area (Å²) in [6.45, 7) is 0.527. The number of hydrogen-bond acceptors (Lipinski definition) is 3. The number of para-hydroxylation sites is 1.